The van der Waals surface area contributed by atoms with Crippen LogP contribution in [0.2, 0.25) is 0 Å². The van der Waals surface area contributed by atoms with E-state index in [1.54, 1.807) is 4.90 Å². The largest absolute Gasteiger partial charge is 0.337 e. The molecule has 5 rings (SSSR count). The summed E-state index contributed by atoms with van der Waals surface area (Å²) in [6, 6.07) is 5.11. The van der Waals surface area contributed by atoms with Crippen molar-refractivity contribution in [3.63, 3.8) is 0 Å². The standard InChI is InChI=1S/C21H25N7O3/c22-8-7-17-23-21-26(9-2-10-28(21)25-17)11-13-3-1-4-14-15(13)12-27(20(14)31)16-5-6-18(29)24-19(16)30/h1,3-4,16H,2,5-12,22H2,(H,24,29,30). The highest BCUT2D eigenvalue weighted by atomic mass is 16.2. The van der Waals surface area contributed by atoms with Crippen LogP contribution in [0, 0.1) is 0 Å². The second kappa shape index (κ2) is 7.77. The Hall–Kier alpha value is -3.27. The summed E-state index contributed by atoms with van der Waals surface area (Å²) in [6.45, 7) is 3.18. The normalized spacial score (nSPS) is 20.7. The van der Waals surface area contributed by atoms with Crippen molar-refractivity contribution in [3.8, 4) is 0 Å². The molecule has 0 saturated carbocycles. The van der Waals surface area contributed by atoms with Crippen LogP contribution in [0.5, 0.6) is 0 Å². The third kappa shape index (κ3) is 3.46. The van der Waals surface area contributed by atoms with E-state index in [0.29, 0.717) is 38.0 Å². The number of carbonyl (C=O) groups is 3. The molecule has 31 heavy (non-hydrogen) atoms. The number of piperidine rings is 1. The van der Waals surface area contributed by atoms with E-state index < -0.39 is 11.9 Å². The SMILES string of the molecule is NCCc1nc2n(n1)CCCN2Cc1cccc2c1CN(C1CCC(=O)NC1=O)C2=O. The van der Waals surface area contributed by atoms with Crippen molar-refractivity contribution in [1.29, 1.82) is 0 Å². The molecular weight excluding hydrogens is 398 g/mol. The van der Waals surface area contributed by atoms with Crippen molar-refractivity contribution in [1.82, 2.24) is 25.0 Å². The van der Waals surface area contributed by atoms with Gasteiger partial charge in [0.05, 0.1) is 0 Å². The summed E-state index contributed by atoms with van der Waals surface area (Å²) in [5, 5.41) is 6.90. The van der Waals surface area contributed by atoms with Gasteiger partial charge in [0.2, 0.25) is 17.8 Å². The van der Waals surface area contributed by atoms with Crippen LogP contribution in [0.25, 0.3) is 0 Å². The fraction of sp³-hybridized carbons (Fsp3) is 0.476. The predicted octanol–water partition coefficient (Wildman–Crippen LogP) is -0.0494. The molecule has 1 aromatic heterocycles. The molecule has 4 heterocycles. The van der Waals surface area contributed by atoms with Crippen LogP contribution >= 0.6 is 0 Å². The minimum absolute atomic E-state index is 0.154. The number of hydrogen-bond donors (Lipinski definition) is 2. The molecule has 3 amide bonds. The first-order chi connectivity index (χ1) is 15.0. The number of aromatic nitrogens is 3. The second-order valence-corrected chi connectivity index (χ2v) is 8.21. The third-order valence-corrected chi connectivity index (χ3v) is 6.19. The Kier molecular flexibility index (Phi) is 4.93. The summed E-state index contributed by atoms with van der Waals surface area (Å²) in [6.07, 6.45) is 2.22. The zero-order valence-corrected chi connectivity index (χ0v) is 17.2. The zero-order chi connectivity index (χ0) is 21.5. The van der Waals surface area contributed by atoms with E-state index in [9.17, 15) is 14.4 Å². The number of rotatable bonds is 5. The summed E-state index contributed by atoms with van der Waals surface area (Å²) >= 11 is 0. The molecule has 1 aromatic carbocycles. The number of benzene rings is 1. The fourth-order valence-electron chi connectivity index (χ4n) is 4.66. The van der Waals surface area contributed by atoms with Crippen molar-refractivity contribution in [3.05, 3.63) is 40.7 Å². The lowest BCUT2D eigenvalue weighted by atomic mass is 10.0. The number of fused-ring (bicyclic) bond motifs is 2. The molecule has 2 aromatic rings. The quantitative estimate of drug-likeness (QED) is 0.646. The van der Waals surface area contributed by atoms with Gasteiger partial charge in [-0.15, -0.1) is 0 Å². The number of aryl methyl sites for hydroxylation is 1. The number of nitrogens with one attached hydrogen (secondary N) is 1. The highest BCUT2D eigenvalue weighted by Crippen LogP contribution is 2.31. The Morgan fingerprint density at radius 1 is 1.19 bits per heavy atom. The molecule has 1 saturated heterocycles. The average molecular weight is 423 g/mol. The minimum Gasteiger partial charge on any atom is -0.337 e. The van der Waals surface area contributed by atoms with Gasteiger partial charge in [-0.25, -0.2) is 4.68 Å². The Labute approximate surface area is 179 Å². The third-order valence-electron chi connectivity index (χ3n) is 6.19. The zero-order valence-electron chi connectivity index (χ0n) is 17.2. The van der Waals surface area contributed by atoms with E-state index >= 15 is 0 Å². The topological polar surface area (TPSA) is 126 Å². The maximum atomic E-state index is 13.1. The number of hydrogen-bond acceptors (Lipinski definition) is 7. The molecule has 0 radical (unpaired) electrons. The number of nitrogens with zero attached hydrogens (tertiary/aromatic N) is 5. The highest BCUT2D eigenvalue weighted by Gasteiger charge is 2.40. The maximum absolute atomic E-state index is 13.1. The first kappa shape index (κ1) is 19.7. The second-order valence-electron chi connectivity index (χ2n) is 8.21. The van der Waals surface area contributed by atoms with Gasteiger partial charge in [0, 0.05) is 44.6 Å². The maximum Gasteiger partial charge on any atom is 0.255 e. The summed E-state index contributed by atoms with van der Waals surface area (Å²) < 4.78 is 1.93. The van der Waals surface area contributed by atoms with Crippen LogP contribution in [0.15, 0.2) is 18.2 Å². The molecule has 3 aliphatic rings. The lowest BCUT2D eigenvalue weighted by Crippen LogP contribution is -2.52. The van der Waals surface area contributed by atoms with Gasteiger partial charge >= 0.3 is 0 Å². The molecule has 0 spiro atoms. The van der Waals surface area contributed by atoms with E-state index in [2.05, 4.69) is 20.3 Å². The van der Waals surface area contributed by atoms with Crippen molar-refractivity contribution in [2.75, 3.05) is 18.0 Å². The average Bonchev–Trinajstić information content (AvgIpc) is 3.31. The van der Waals surface area contributed by atoms with Gasteiger partial charge in [-0.3, -0.25) is 19.7 Å². The molecule has 0 aliphatic carbocycles. The first-order valence-electron chi connectivity index (χ1n) is 10.7. The summed E-state index contributed by atoms with van der Waals surface area (Å²) in [7, 11) is 0. The van der Waals surface area contributed by atoms with Crippen molar-refractivity contribution in [2.24, 2.45) is 5.73 Å². The number of anilines is 1. The Bertz CT molecular complexity index is 1060. The van der Waals surface area contributed by atoms with Gasteiger partial charge in [0.15, 0.2) is 5.82 Å². The van der Waals surface area contributed by atoms with Crippen LogP contribution in [-0.4, -0.2) is 56.5 Å². The summed E-state index contributed by atoms with van der Waals surface area (Å²) in [5.41, 5.74) is 8.27. The van der Waals surface area contributed by atoms with Gasteiger partial charge in [-0.05, 0) is 36.6 Å². The molecule has 162 valence electrons. The Morgan fingerprint density at radius 3 is 2.87 bits per heavy atom. The molecule has 10 nitrogen and oxygen atoms in total. The predicted molar refractivity (Wildman–Crippen MR) is 111 cm³/mol. The molecule has 1 fully saturated rings. The fourth-order valence-corrected chi connectivity index (χ4v) is 4.66. The van der Waals surface area contributed by atoms with Gasteiger partial charge in [0.25, 0.3) is 5.91 Å². The van der Waals surface area contributed by atoms with Crippen molar-refractivity contribution >= 4 is 23.7 Å². The molecule has 3 aliphatic heterocycles. The minimum atomic E-state index is -0.609. The van der Waals surface area contributed by atoms with Crippen molar-refractivity contribution in [2.45, 2.75) is 51.4 Å². The van der Waals surface area contributed by atoms with E-state index in [0.717, 1.165) is 42.4 Å². The van der Waals surface area contributed by atoms with E-state index in [-0.39, 0.29) is 18.2 Å². The van der Waals surface area contributed by atoms with Gasteiger partial charge in [-0.2, -0.15) is 10.1 Å². The van der Waals surface area contributed by atoms with E-state index in [1.165, 1.54) is 0 Å². The smallest absolute Gasteiger partial charge is 0.255 e. The van der Waals surface area contributed by atoms with E-state index in [1.807, 2.05) is 22.9 Å². The van der Waals surface area contributed by atoms with E-state index in [4.69, 9.17) is 5.73 Å². The number of carbonyl (C=O) groups excluding carboxylic acids is 3. The van der Waals surface area contributed by atoms with Crippen LogP contribution < -0.4 is 16.0 Å². The number of imide groups is 1. The van der Waals surface area contributed by atoms with Crippen LogP contribution in [0.1, 0.15) is 46.6 Å². The molecule has 1 atom stereocenters. The Morgan fingerprint density at radius 2 is 2.06 bits per heavy atom. The molecule has 0 bridgehead atoms. The van der Waals surface area contributed by atoms with Crippen molar-refractivity contribution < 1.29 is 14.4 Å². The molecule has 3 N–H and O–H groups in total. The Balaban J connectivity index is 1.40. The number of amides is 3. The lowest BCUT2D eigenvalue weighted by molar-refractivity contribution is -0.136. The summed E-state index contributed by atoms with van der Waals surface area (Å²) in [4.78, 5) is 45.3. The van der Waals surface area contributed by atoms with Gasteiger partial charge in [-0.1, -0.05) is 12.1 Å². The monoisotopic (exact) mass is 423 g/mol. The molecule has 10 heteroatoms. The first-order valence-corrected chi connectivity index (χ1v) is 10.7. The lowest BCUT2D eigenvalue weighted by Gasteiger charge is -2.30. The highest BCUT2D eigenvalue weighted by molar-refractivity contribution is 6.05. The van der Waals surface area contributed by atoms with Crippen LogP contribution in [0.3, 0.4) is 0 Å². The van der Waals surface area contributed by atoms with Crippen LogP contribution in [-0.2, 0) is 35.6 Å². The number of nitrogens with two attached hydrogens (primary N) is 1. The van der Waals surface area contributed by atoms with Crippen LogP contribution in [0.4, 0.5) is 5.95 Å². The van der Waals surface area contributed by atoms with Gasteiger partial charge < -0.3 is 15.5 Å². The molecule has 1 unspecified atom stereocenters. The molecular formula is C21H25N7O3. The summed E-state index contributed by atoms with van der Waals surface area (Å²) in [5.74, 6) is 0.754. The van der Waals surface area contributed by atoms with Gasteiger partial charge in [0.1, 0.15) is 6.04 Å².